The average molecular weight is 169 g/mol. The summed E-state index contributed by atoms with van der Waals surface area (Å²) in [5, 5.41) is 0. The molecule has 0 aliphatic rings. The van der Waals surface area contributed by atoms with Crippen LogP contribution in [0.25, 0.3) is 0 Å². The fourth-order valence-electron chi connectivity index (χ4n) is 0.938. The van der Waals surface area contributed by atoms with Crippen molar-refractivity contribution in [3.63, 3.8) is 0 Å². The second-order valence-corrected chi connectivity index (χ2v) is 2.34. The topological polar surface area (TPSA) is 3.24 Å². The molecule has 0 saturated carbocycles. The SMILES string of the molecule is C=CCN(CC=C)CCC.CC. The van der Waals surface area contributed by atoms with Crippen molar-refractivity contribution >= 4 is 0 Å². The third-order valence-electron chi connectivity index (χ3n) is 1.31. The molecule has 0 aromatic carbocycles. The van der Waals surface area contributed by atoms with Crippen molar-refractivity contribution in [2.45, 2.75) is 27.2 Å². The molecule has 0 atom stereocenters. The third kappa shape index (κ3) is 9.44. The van der Waals surface area contributed by atoms with E-state index >= 15 is 0 Å². The summed E-state index contributed by atoms with van der Waals surface area (Å²) in [5.41, 5.74) is 0. The summed E-state index contributed by atoms with van der Waals surface area (Å²) in [6.07, 6.45) is 5.06. The summed E-state index contributed by atoms with van der Waals surface area (Å²) in [5.74, 6) is 0. The lowest BCUT2D eigenvalue weighted by Crippen LogP contribution is -2.24. The maximum Gasteiger partial charge on any atom is 0.0163 e. The Morgan fingerprint density at radius 2 is 1.50 bits per heavy atom. The smallest absolute Gasteiger partial charge is 0.0163 e. The Morgan fingerprint density at radius 1 is 1.08 bits per heavy atom. The van der Waals surface area contributed by atoms with E-state index < -0.39 is 0 Å². The van der Waals surface area contributed by atoms with Crippen LogP contribution >= 0.6 is 0 Å². The van der Waals surface area contributed by atoms with Crippen LogP contribution in [0.1, 0.15) is 27.2 Å². The van der Waals surface area contributed by atoms with Crippen LogP contribution in [0.2, 0.25) is 0 Å². The van der Waals surface area contributed by atoms with Crippen LogP contribution in [0.3, 0.4) is 0 Å². The van der Waals surface area contributed by atoms with E-state index in [1.807, 2.05) is 26.0 Å². The van der Waals surface area contributed by atoms with E-state index in [-0.39, 0.29) is 0 Å². The highest BCUT2D eigenvalue weighted by Crippen LogP contribution is 1.90. The van der Waals surface area contributed by atoms with Gasteiger partial charge in [-0.3, -0.25) is 4.90 Å². The summed E-state index contributed by atoms with van der Waals surface area (Å²) >= 11 is 0. The van der Waals surface area contributed by atoms with Gasteiger partial charge in [-0.2, -0.15) is 0 Å². The molecule has 72 valence electrons. The molecular formula is C11H23N. The molecule has 0 N–H and O–H groups in total. The van der Waals surface area contributed by atoms with Crippen molar-refractivity contribution in [3.05, 3.63) is 25.3 Å². The minimum Gasteiger partial charge on any atom is -0.296 e. The zero-order valence-electron chi connectivity index (χ0n) is 8.84. The molecule has 0 heterocycles. The minimum atomic E-state index is 0.972. The maximum absolute atomic E-state index is 3.69. The number of hydrogen-bond donors (Lipinski definition) is 0. The molecule has 0 saturated heterocycles. The predicted octanol–water partition coefficient (Wildman–Crippen LogP) is 3.10. The molecule has 0 aromatic rings. The lowest BCUT2D eigenvalue weighted by atomic mass is 10.4. The zero-order chi connectivity index (χ0) is 9.82. The number of hydrogen-bond acceptors (Lipinski definition) is 1. The van der Waals surface area contributed by atoms with Crippen molar-refractivity contribution in [3.8, 4) is 0 Å². The second-order valence-electron chi connectivity index (χ2n) is 2.34. The van der Waals surface area contributed by atoms with Crippen LogP contribution in [0.5, 0.6) is 0 Å². The van der Waals surface area contributed by atoms with Gasteiger partial charge in [-0.15, -0.1) is 13.2 Å². The van der Waals surface area contributed by atoms with Gasteiger partial charge in [0.05, 0.1) is 0 Å². The van der Waals surface area contributed by atoms with E-state index in [2.05, 4.69) is 25.0 Å². The Balaban J connectivity index is 0. The van der Waals surface area contributed by atoms with Crippen LogP contribution in [-0.2, 0) is 0 Å². The minimum absolute atomic E-state index is 0.972. The molecule has 0 bridgehead atoms. The molecule has 1 nitrogen and oxygen atoms in total. The quantitative estimate of drug-likeness (QED) is 0.552. The third-order valence-corrected chi connectivity index (χ3v) is 1.31. The van der Waals surface area contributed by atoms with Crippen molar-refractivity contribution in [1.82, 2.24) is 4.90 Å². The largest absolute Gasteiger partial charge is 0.296 e. The Labute approximate surface area is 77.8 Å². The Morgan fingerprint density at radius 3 is 1.75 bits per heavy atom. The number of rotatable bonds is 6. The van der Waals surface area contributed by atoms with Crippen LogP contribution in [0.4, 0.5) is 0 Å². The molecular weight excluding hydrogens is 146 g/mol. The van der Waals surface area contributed by atoms with Gasteiger partial charge in [0.25, 0.3) is 0 Å². The lowest BCUT2D eigenvalue weighted by Gasteiger charge is -2.16. The van der Waals surface area contributed by atoms with Gasteiger partial charge in [-0.05, 0) is 13.0 Å². The van der Waals surface area contributed by atoms with Crippen LogP contribution in [0, 0.1) is 0 Å². The van der Waals surface area contributed by atoms with E-state index in [4.69, 9.17) is 0 Å². The number of nitrogens with zero attached hydrogens (tertiary/aromatic N) is 1. The first kappa shape index (κ1) is 14.0. The normalized spacial score (nSPS) is 8.67. The van der Waals surface area contributed by atoms with E-state index in [1.165, 1.54) is 6.42 Å². The molecule has 0 radical (unpaired) electrons. The molecule has 0 aliphatic heterocycles. The molecule has 1 heteroatoms. The maximum atomic E-state index is 3.69. The molecule has 0 fully saturated rings. The van der Waals surface area contributed by atoms with Crippen LogP contribution in [-0.4, -0.2) is 24.5 Å². The fraction of sp³-hybridized carbons (Fsp3) is 0.636. The van der Waals surface area contributed by atoms with E-state index in [9.17, 15) is 0 Å². The highest BCUT2D eigenvalue weighted by atomic mass is 15.1. The van der Waals surface area contributed by atoms with Gasteiger partial charge in [0, 0.05) is 13.1 Å². The average Bonchev–Trinajstić information content (AvgIpc) is 2.10. The fourth-order valence-corrected chi connectivity index (χ4v) is 0.938. The molecule has 12 heavy (non-hydrogen) atoms. The molecule has 0 spiro atoms. The van der Waals surface area contributed by atoms with Crippen LogP contribution < -0.4 is 0 Å². The monoisotopic (exact) mass is 169 g/mol. The standard InChI is InChI=1S/C9H17N.C2H6/c1-4-7-10(8-5-2)9-6-3;1-2/h4-5H,1-2,6-9H2,3H3;1-2H3. The molecule has 0 amide bonds. The predicted molar refractivity (Wildman–Crippen MR) is 58.5 cm³/mol. The van der Waals surface area contributed by atoms with Gasteiger partial charge in [-0.1, -0.05) is 32.9 Å². The van der Waals surface area contributed by atoms with E-state index in [0.717, 1.165) is 19.6 Å². The molecule has 0 unspecified atom stereocenters. The summed E-state index contributed by atoms with van der Waals surface area (Å²) in [6.45, 7) is 16.6. The van der Waals surface area contributed by atoms with E-state index in [1.54, 1.807) is 0 Å². The van der Waals surface area contributed by atoms with Crippen molar-refractivity contribution < 1.29 is 0 Å². The highest BCUT2D eigenvalue weighted by molar-refractivity contribution is 4.79. The van der Waals surface area contributed by atoms with Gasteiger partial charge in [0.1, 0.15) is 0 Å². The first-order chi connectivity index (χ1) is 5.85. The Kier molecular flexibility index (Phi) is 15.2. The molecule has 0 aliphatic carbocycles. The van der Waals surface area contributed by atoms with Gasteiger partial charge >= 0.3 is 0 Å². The molecule has 0 rings (SSSR count). The molecule has 0 aromatic heterocycles. The summed E-state index contributed by atoms with van der Waals surface area (Å²) < 4.78 is 0. The first-order valence-corrected chi connectivity index (χ1v) is 4.79. The van der Waals surface area contributed by atoms with Gasteiger partial charge in [0.2, 0.25) is 0 Å². The highest BCUT2D eigenvalue weighted by Gasteiger charge is 1.95. The van der Waals surface area contributed by atoms with Crippen molar-refractivity contribution in [1.29, 1.82) is 0 Å². The van der Waals surface area contributed by atoms with Crippen molar-refractivity contribution in [2.24, 2.45) is 0 Å². The lowest BCUT2D eigenvalue weighted by molar-refractivity contribution is 0.336. The first-order valence-electron chi connectivity index (χ1n) is 4.79. The summed E-state index contributed by atoms with van der Waals surface area (Å²) in [6, 6.07) is 0. The van der Waals surface area contributed by atoms with Gasteiger partial charge < -0.3 is 0 Å². The summed E-state index contributed by atoms with van der Waals surface area (Å²) in [4.78, 5) is 2.31. The zero-order valence-corrected chi connectivity index (χ0v) is 8.84. The van der Waals surface area contributed by atoms with Gasteiger partial charge in [-0.25, -0.2) is 0 Å². The van der Waals surface area contributed by atoms with Gasteiger partial charge in [0.15, 0.2) is 0 Å². The van der Waals surface area contributed by atoms with Crippen LogP contribution in [0.15, 0.2) is 25.3 Å². The second kappa shape index (κ2) is 13.1. The Hall–Kier alpha value is -0.560. The Bertz CT molecular complexity index is 87.2. The summed E-state index contributed by atoms with van der Waals surface area (Å²) in [7, 11) is 0. The van der Waals surface area contributed by atoms with E-state index in [0.29, 0.717) is 0 Å². The van der Waals surface area contributed by atoms with Crippen molar-refractivity contribution in [2.75, 3.05) is 19.6 Å².